The molecule has 0 bridgehead atoms. The molecule has 0 N–H and O–H groups in total. The van der Waals surface area contributed by atoms with Crippen molar-refractivity contribution < 1.29 is 28.6 Å². The third-order valence-electron chi connectivity index (χ3n) is 5.39. The van der Waals surface area contributed by atoms with Crippen molar-refractivity contribution in [2.24, 2.45) is 5.92 Å². The summed E-state index contributed by atoms with van der Waals surface area (Å²) in [7, 11) is 0. The van der Waals surface area contributed by atoms with Crippen molar-refractivity contribution in [2.45, 2.75) is 32.8 Å². The van der Waals surface area contributed by atoms with Crippen molar-refractivity contribution in [3.05, 3.63) is 29.3 Å². The summed E-state index contributed by atoms with van der Waals surface area (Å²) >= 11 is 0. The van der Waals surface area contributed by atoms with Crippen LogP contribution in [0.1, 0.15) is 24.0 Å². The first-order valence-corrected chi connectivity index (χ1v) is 9.73. The average Bonchev–Trinajstić information content (AvgIpc) is 2.97. The second-order valence-corrected chi connectivity index (χ2v) is 7.31. The zero-order valence-electron chi connectivity index (χ0n) is 16.4. The van der Waals surface area contributed by atoms with Gasteiger partial charge in [0.15, 0.2) is 23.6 Å². The van der Waals surface area contributed by atoms with Crippen LogP contribution in [0.25, 0.3) is 0 Å². The van der Waals surface area contributed by atoms with E-state index in [9.17, 15) is 14.4 Å². The van der Waals surface area contributed by atoms with Crippen LogP contribution in [0, 0.1) is 19.8 Å². The Balaban J connectivity index is 1.49. The number of benzene rings is 1. The molecule has 0 radical (unpaired) electrons. The maximum Gasteiger partial charge on any atom is 0.325 e. The Kier molecular flexibility index (Phi) is 6.80. The van der Waals surface area contributed by atoms with Crippen molar-refractivity contribution in [3.63, 3.8) is 0 Å². The quantitative estimate of drug-likeness (QED) is 0.492. The van der Waals surface area contributed by atoms with Crippen LogP contribution in [0.3, 0.4) is 0 Å². The molecule has 7 heteroatoms. The highest BCUT2D eigenvalue weighted by atomic mass is 16.6. The zero-order valence-corrected chi connectivity index (χ0v) is 16.4. The van der Waals surface area contributed by atoms with Gasteiger partial charge in [-0.05, 0) is 50.4 Å². The number of aryl methyl sites for hydroxylation is 1. The van der Waals surface area contributed by atoms with Crippen molar-refractivity contribution in [1.82, 2.24) is 4.90 Å². The summed E-state index contributed by atoms with van der Waals surface area (Å²) in [6.07, 6.45) is 0.329. The van der Waals surface area contributed by atoms with Crippen LogP contribution in [0.4, 0.5) is 0 Å². The topological polar surface area (TPSA) is 82.1 Å². The van der Waals surface area contributed by atoms with E-state index in [0.29, 0.717) is 25.4 Å². The van der Waals surface area contributed by atoms with Gasteiger partial charge in [0, 0.05) is 13.1 Å². The molecular formula is C21H27NO6. The molecule has 0 aliphatic carbocycles. The molecule has 0 spiro atoms. The zero-order chi connectivity index (χ0) is 20.1. The first-order valence-electron chi connectivity index (χ1n) is 9.73. The lowest BCUT2D eigenvalue weighted by Gasteiger charge is -2.26. The molecule has 2 fully saturated rings. The predicted molar refractivity (Wildman–Crippen MR) is 101 cm³/mol. The number of hydrogen-bond acceptors (Lipinski definition) is 7. The molecule has 0 amide bonds. The van der Waals surface area contributed by atoms with Crippen LogP contribution in [0.5, 0.6) is 5.75 Å². The molecular weight excluding hydrogens is 362 g/mol. The molecule has 152 valence electrons. The maximum absolute atomic E-state index is 12.5. The van der Waals surface area contributed by atoms with Gasteiger partial charge in [0.05, 0.1) is 13.2 Å². The summed E-state index contributed by atoms with van der Waals surface area (Å²) in [5.74, 6) is -2.53. The number of cyclic esters (lactones) is 1. The van der Waals surface area contributed by atoms with E-state index in [2.05, 4.69) is 4.90 Å². The fourth-order valence-electron chi connectivity index (χ4n) is 3.50. The minimum atomic E-state index is -1.36. The van der Waals surface area contributed by atoms with Gasteiger partial charge in [0.1, 0.15) is 12.4 Å². The fraction of sp³-hybridized carbons (Fsp3) is 0.571. The number of ether oxygens (including phenoxy) is 3. The standard InChI is InChI=1S/C21H27NO6/c1-14-5-3-6-17(15(14)2)27-13-16(23)19-20(24)18(28-21(19)25)7-4-8-22-9-11-26-12-10-22/h3,5-6,18-19H,4,7-13H2,1-2H3. The SMILES string of the molecule is Cc1cccc(OCC(=O)C2C(=O)OC(CCCN3CCOCC3)C2=O)c1C. The normalized spacial score (nSPS) is 22.9. The first-order chi connectivity index (χ1) is 13.5. The molecule has 2 saturated heterocycles. The third-order valence-corrected chi connectivity index (χ3v) is 5.39. The minimum absolute atomic E-state index is 0.323. The van der Waals surface area contributed by atoms with E-state index < -0.39 is 29.6 Å². The monoisotopic (exact) mass is 389 g/mol. The largest absolute Gasteiger partial charge is 0.486 e. The number of esters is 1. The minimum Gasteiger partial charge on any atom is -0.486 e. The fourth-order valence-corrected chi connectivity index (χ4v) is 3.50. The molecule has 2 aliphatic heterocycles. The lowest BCUT2D eigenvalue weighted by Crippen LogP contribution is -2.37. The molecule has 2 aliphatic rings. The summed E-state index contributed by atoms with van der Waals surface area (Å²) in [4.78, 5) is 39.3. The Hall–Kier alpha value is -2.25. The van der Waals surface area contributed by atoms with E-state index in [-0.39, 0.29) is 6.61 Å². The number of morpholine rings is 1. The molecule has 0 aromatic heterocycles. The molecule has 2 heterocycles. The van der Waals surface area contributed by atoms with Crippen molar-refractivity contribution in [3.8, 4) is 5.75 Å². The van der Waals surface area contributed by atoms with Gasteiger partial charge in [0.2, 0.25) is 0 Å². The number of nitrogens with zero attached hydrogens (tertiary/aromatic N) is 1. The van der Waals surface area contributed by atoms with Crippen molar-refractivity contribution in [2.75, 3.05) is 39.5 Å². The van der Waals surface area contributed by atoms with Crippen LogP contribution in [0.2, 0.25) is 0 Å². The van der Waals surface area contributed by atoms with Crippen molar-refractivity contribution >= 4 is 17.5 Å². The molecule has 3 rings (SSSR count). The van der Waals surface area contributed by atoms with Gasteiger partial charge in [-0.25, -0.2) is 0 Å². The molecule has 1 aromatic rings. The molecule has 2 atom stereocenters. The molecule has 28 heavy (non-hydrogen) atoms. The van der Waals surface area contributed by atoms with E-state index in [4.69, 9.17) is 14.2 Å². The van der Waals surface area contributed by atoms with Crippen LogP contribution in [-0.4, -0.2) is 68.0 Å². The number of hydrogen-bond donors (Lipinski definition) is 0. The van der Waals surface area contributed by atoms with Gasteiger partial charge < -0.3 is 14.2 Å². The third kappa shape index (κ3) is 4.77. The number of ketones is 2. The lowest BCUT2D eigenvalue weighted by molar-refractivity contribution is -0.147. The number of Topliss-reactive ketones (excluding diaryl/α,β-unsaturated/α-hetero) is 2. The Labute approximate surface area is 164 Å². The van der Waals surface area contributed by atoms with Gasteiger partial charge in [-0.15, -0.1) is 0 Å². The highest BCUT2D eigenvalue weighted by molar-refractivity contribution is 6.22. The number of carbonyl (C=O) groups is 3. The van der Waals surface area contributed by atoms with E-state index in [0.717, 1.165) is 37.2 Å². The Morgan fingerprint density at radius 3 is 2.71 bits per heavy atom. The summed E-state index contributed by atoms with van der Waals surface area (Å²) in [6, 6.07) is 5.55. The van der Waals surface area contributed by atoms with Crippen molar-refractivity contribution in [1.29, 1.82) is 0 Å². The summed E-state index contributed by atoms with van der Waals surface area (Å²) in [6.45, 7) is 7.51. The van der Waals surface area contributed by atoms with E-state index in [1.165, 1.54) is 0 Å². The Morgan fingerprint density at radius 1 is 1.21 bits per heavy atom. The number of rotatable bonds is 8. The summed E-state index contributed by atoms with van der Waals surface area (Å²) in [5, 5.41) is 0. The van der Waals surface area contributed by atoms with Crippen LogP contribution in [0.15, 0.2) is 18.2 Å². The van der Waals surface area contributed by atoms with E-state index >= 15 is 0 Å². The number of carbonyl (C=O) groups excluding carboxylic acids is 3. The Bertz CT molecular complexity index is 740. The highest BCUT2D eigenvalue weighted by Gasteiger charge is 2.47. The lowest BCUT2D eigenvalue weighted by atomic mass is 9.96. The average molecular weight is 389 g/mol. The van der Waals surface area contributed by atoms with Gasteiger partial charge in [-0.2, -0.15) is 0 Å². The first kappa shape index (κ1) is 20.5. The second-order valence-electron chi connectivity index (χ2n) is 7.31. The summed E-state index contributed by atoms with van der Waals surface area (Å²) in [5.41, 5.74) is 1.97. The smallest absolute Gasteiger partial charge is 0.325 e. The second kappa shape index (κ2) is 9.30. The van der Waals surface area contributed by atoms with Gasteiger partial charge in [0.25, 0.3) is 0 Å². The van der Waals surface area contributed by atoms with Gasteiger partial charge in [-0.1, -0.05) is 12.1 Å². The summed E-state index contributed by atoms with van der Waals surface area (Å²) < 4.78 is 16.0. The maximum atomic E-state index is 12.5. The van der Waals surface area contributed by atoms with Gasteiger partial charge in [-0.3, -0.25) is 19.3 Å². The Morgan fingerprint density at radius 2 is 1.96 bits per heavy atom. The van der Waals surface area contributed by atoms with Crippen LogP contribution < -0.4 is 4.74 Å². The molecule has 7 nitrogen and oxygen atoms in total. The van der Waals surface area contributed by atoms with E-state index in [1.54, 1.807) is 6.07 Å². The molecule has 1 aromatic carbocycles. The van der Waals surface area contributed by atoms with E-state index in [1.807, 2.05) is 26.0 Å². The molecule has 0 saturated carbocycles. The van der Waals surface area contributed by atoms with Crippen LogP contribution >= 0.6 is 0 Å². The van der Waals surface area contributed by atoms with Crippen LogP contribution in [-0.2, 0) is 23.9 Å². The predicted octanol–water partition coefficient (Wildman–Crippen LogP) is 1.47. The molecule has 2 unspecified atom stereocenters. The highest BCUT2D eigenvalue weighted by Crippen LogP contribution is 2.24. The van der Waals surface area contributed by atoms with Gasteiger partial charge >= 0.3 is 5.97 Å².